The molecule has 3 nitrogen and oxygen atoms in total. The molecule has 1 saturated heterocycles. The van der Waals surface area contributed by atoms with Gasteiger partial charge in [-0.05, 0) is 36.8 Å². The third-order valence-electron chi connectivity index (χ3n) is 4.90. The molecule has 2 fully saturated rings. The lowest BCUT2D eigenvalue weighted by Gasteiger charge is -2.29. The molecule has 1 heterocycles. The number of carbonyl (C=O) groups is 1. The van der Waals surface area contributed by atoms with E-state index in [0.29, 0.717) is 29.0 Å². The van der Waals surface area contributed by atoms with Gasteiger partial charge in [0, 0.05) is 29.7 Å². The van der Waals surface area contributed by atoms with Crippen molar-refractivity contribution in [2.24, 2.45) is 17.6 Å². The molecule has 1 amide bonds. The molecule has 21 heavy (non-hydrogen) atoms. The molecule has 1 saturated carbocycles. The average molecular weight is 311 g/mol. The monoisotopic (exact) mass is 310 g/mol. The van der Waals surface area contributed by atoms with E-state index in [9.17, 15) is 9.18 Å². The number of benzene rings is 1. The lowest BCUT2D eigenvalue weighted by atomic mass is 9.78. The van der Waals surface area contributed by atoms with E-state index in [1.54, 1.807) is 12.1 Å². The molecule has 3 unspecified atom stereocenters. The van der Waals surface area contributed by atoms with Crippen LogP contribution in [0.25, 0.3) is 0 Å². The number of nitrogens with zero attached hydrogens (tertiary/aromatic N) is 1. The number of nitrogens with two attached hydrogens (primary N) is 1. The van der Waals surface area contributed by atoms with Crippen LogP contribution < -0.4 is 5.73 Å². The zero-order valence-electron chi connectivity index (χ0n) is 11.9. The predicted molar refractivity (Wildman–Crippen MR) is 80.5 cm³/mol. The second-order valence-electron chi connectivity index (χ2n) is 6.19. The Morgan fingerprint density at radius 3 is 2.90 bits per heavy atom. The molecule has 1 aliphatic carbocycles. The van der Waals surface area contributed by atoms with E-state index < -0.39 is 5.82 Å². The van der Waals surface area contributed by atoms with E-state index in [1.165, 1.54) is 6.07 Å². The molecule has 2 aliphatic rings. The summed E-state index contributed by atoms with van der Waals surface area (Å²) in [5.74, 6) is 0.445. The van der Waals surface area contributed by atoms with Gasteiger partial charge in [0.15, 0.2) is 0 Å². The van der Waals surface area contributed by atoms with Crippen LogP contribution in [0.1, 0.15) is 24.8 Å². The molecule has 5 heteroatoms. The van der Waals surface area contributed by atoms with Crippen LogP contribution in [0.4, 0.5) is 4.39 Å². The fraction of sp³-hybridized carbons (Fsp3) is 0.562. The van der Waals surface area contributed by atoms with Crippen molar-refractivity contribution in [1.29, 1.82) is 0 Å². The number of likely N-dealkylation sites (tertiary alicyclic amines) is 1. The molecule has 0 bridgehead atoms. The van der Waals surface area contributed by atoms with Crippen molar-refractivity contribution >= 4 is 17.5 Å². The van der Waals surface area contributed by atoms with Crippen molar-refractivity contribution in [2.75, 3.05) is 13.1 Å². The first-order chi connectivity index (χ1) is 10.1. The first kappa shape index (κ1) is 14.8. The highest BCUT2D eigenvalue weighted by Crippen LogP contribution is 2.35. The van der Waals surface area contributed by atoms with Crippen LogP contribution in [0.2, 0.25) is 5.02 Å². The third kappa shape index (κ3) is 2.92. The molecule has 1 aliphatic heterocycles. The van der Waals surface area contributed by atoms with Crippen LogP contribution in [0.15, 0.2) is 18.2 Å². The molecule has 3 rings (SSSR count). The third-order valence-corrected chi connectivity index (χ3v) is 5.25. The summed E-state index contributed by atoms with van der Waals surface area (Å²) >= 11 is 5.99. The highest BCUT2D eigenvalue weighted by molar-refractivity contribution is 6.31. The maximum Gasteiger partial charge on any atom is 0.227 e. The molecule has 1 aromatic rings. The van der Waals surface area contributed by atoms with Crippen molar-refractivity contribution in [3.63, 3.8) is 0 Å². The van der Waals surface area contributed by atoms with E-state index in [1.807, 2.05) is 4.90 Å². The van der Waals surface area contributed by atoms with Gasteiger partial charge in [0.2, 0.25) is 5.91 Å². The Labute approximate surface area is 129 Å². The van der Waals surface area contributed by atoms with E-state index >= 15 is 0 Å². The van der Waals surface area contributed by atoms with Gasteiger partial charge in [-0.2, -0.15) is 0 Å². The summed E-state index contributed by atoms with van der Waals surface area (Å²) in [4.78, 5) is 14.3. The number of amides is 1. The highest BCUT2D eigenvalue weighted by atomic mass is 35.5. The topological polar surface area (TPSA) is 46.3 Å². The van der Waals surface area contributed by atoms with Gasteiger partial charge in [0.1, 0.15) is 5.82 Å². The molecule has 0 spiro atoms. The van der Waals surface area contributed by atoms with Gasteiger partial charge in [0.05, 0.1) is 6.42 Å². The van der Waals surface area contributed by atoms with Crippen LogP contribution in [0.3, 0.4) is 0 Å². The van der Waals surface area contributed by atoms with Crippen molar-refractivity contribution in [2.45, 2.75) is 31.7 Å². The predicted octanol–water partition coefficient (Wildman–Crippen LogP) is 2.61. The minimum Gasteiger partial charge on any atom is -0.342 e. The van der Waals surface area contributed by atoms with Crippen molar-refractivity contribution < 1.29 is 9.18 Å². The van der Waals surface area contributed by atoms with Crippen LogP contribution in [0.5, 0.6) is 0 Å². The smallest absolute Gasteiger partial charge is 0.227 e. The van der Waals surface area contributed by atoms with Crippen LogP contribution in [-0.2, 0) is 11.2 Å². The number of rotatable bonds is 2. The van der Waals surface area contributed by atoms with Gasteiger partial charge in [-0.15, -0.1) is 0 Å². The Bertz CT molecular complexity index is 531. The van der Waals surface area contributed by atoms with Gasteiger partial charge >= 0.3 is 0 Å². The van der Waals surface area contributed by atoms with E-state index in [4.69, 9.17) is 17.3 Å². The fourth-order valence-electron chi connectivity index (χ4n) is 3.68. The molecular weight excluding hydrogens is 291 g/mol. The average Bonchev–Trinajstić information content (AvgIpc) is 2.88. The summed E-state index contributed by atoms with van der Waals surface area (Å²) in [7, 11) is 0. The zero-order chi connectivity index (χ0) is 15.0. The maximum atomic E-state index is 13.8. The zero-order valence-corrected chi connectivity index (χ0v) is 12.7. The Balaban J connectivity index is 1.69. The van der Waals surface area contributed by atoms with Gasteiger partial charge in [0.25, 0.3) is 0 Å². The summed E-state index contributed by atoms with van der Waals surface area (Å²) in [5.41, 5.74) is 6.46. The summed E-state index contributed by atoms with van der Waals surface area (Å²) in [5, 5.41) is 0.316. The first-order valence-corrected chi connectivity index (χ1v) is 7.90. The Kier molecular flexibility index (Phi) is 4.18. The van der Waals surface area contributed by atoms with Crippen LogP contribution in [-0.4, -0.2) is 29.9 Å². The number of halogens is 2. The van der Waals surface area contributed by atoms with Gasteiger partial charge in [-0.1, -0.05) is 24.1 Å². The largest absolute Gasteiger partial charge is 0.342 e. The van der Waals surface area contributed by atoms with Crippen molar-refractivity contribution in [3.8, 4) is 0 Å². The lowest BCUT2D eigenvalue weighted by Crippen LogP contribution is -2.38. The van der Waals surface area contributed by atoms with Crippen LogP contribution in [0, 0.1) is 17.7 Å². The molecule has 2 N–H and O–H groups in total. The number of carbonyl (C=O) groups excluding carboxylic acids is 1. The van der Waals surface area contributed by atoms with Gasteiger partial charge < -0.3 is 10.6 Å². The molecule has 0 radical (unpaired) electrons. The Hall–Kier alpha value is -1.13. The standard InChI is InChI=1S/C16H20ClFN2O/c17-13-4-2-5-14(18)11(13)7-16(21)20-8-10-3-1-6-15(19)12(10)9-20/h2,4-5,10,12,15H,1,3,6-9,19H2. The number of hydrogen-bond donors (Lipinski definition) is 1. The van der Waals surface area contributed by atoms with Crippen molar-refractivity contribution in [1.82, 2.24) is 4.90 Å². The Morgan fingerprint density at radius 2 is 2.19 bits per heavy atom. The molecule has 114 valence electrons. The molecule has 0 aromatic heterocycles. The van der Waals surface area contributed by atoms with Gasteiger partial charge in [-0.25, -0.2) is 4.39 Å². The summed E-state index contributed by atoms with van der Waals surface area (Å²) in [6, 6.07) is 4.70. The number of fused-ring (bicyclic) bond motifs is 1. The molecule has 1 aromatic carbocycles. The second-order valence-corrected chi connectivity index (χ2v) is 6.60. The van der Waals surface area contributed by atoms with Gasteiger partial charge in [-0.3, -0.25) is 4.79 Å². The fourth-order valence-corrected chi connectivity index (χ4v) is 3.91. The first-order valence-electron chi connectivity index (χ1n) is 7.52. The second kappa shape index (κ2) is 5.93. The summed E-state index contributed by atoms with van der Waals surface area (Å²) in [6.45, 7) is 1.46. The lowest BCUT2D eigenvalue weighted by molar-refractivity contribution is -0.129. The minimum absolute atomic E-state index is 0.0280. The highest BCUT2D eigenvalue weighted by Gasteiger charge is 2.40. The van der Waals surface area contributed by atoms with E-state index in [0.717, 1.165) is 25.8 Å². The van der Waals surface area contributed by atoms with E-state index in [2.05, 4.69) is 0 Å². The number of hydrogen-bond acceptors (Lipinski definition) is 2. The summed E-state index contributed by atoms with van der Waals surface area (Å²) < 4.78 is 13.8. The molecule has 3 atom stereocenters. The van der Waals surface area contributed by atoms with E-state index in [-0.39, 0.29) is 18.4 Å². The van der Waals surface area contributed by atoms with Crippen molar-refractivity contribution in [3.05, 3.63) is 34.6 Å². The minimum atomic E-state index is -0.413. The normalized spacial score (nSPS) is 28.5. The maximum absolute atomic E-state index is 13.8. The van der Waals surface area contributed by atoms with Crippen LogP contribution >= 0.6 is 11.6 Å². The Morgan fingerprint density at radius 1 is 1.38 bits per heavy atom. The summed E-state index contributed by atoms with van der Waals surface area (Å²) in [6.07, 6.45) is 3.36. The molecular formula is C16H20ClFN2O. The quantitative estimate of drug-likeness (QED) is 0.912. The SMILES string of the molecule is NC1CCCC2CN(C(=O)Cc3c(F)cccc3Cl)CC12.